The number of nitrogens with two attached hydrogens (primary N) is 1. The highest BCUT2D eigenvalue weighted by molar-refractivity contribution is 7.09. The van der Waals surface area contributed by atoms with Crippen LogP contribution >= 0.6 is 22.9 Å². The van der Waals surface area contributed by atoms with Crippen LogP contribution in [0.15, 0.2) is 23.6 Å². The van der Waals surface area contributed by atoms with Gasteiger partial charge in [0.1, 0.15) is 0 Å². The number of halogens is 1. The molecule has 108 valence electrons. The average Bonchev–Trinajstić information content (AvgIpc) is 2.76. The minimum absolute atomic E-state index is 0.120. The van der Waals surface area contributed by atoms with Gasteiger partial charge < -0.3 is 10.6 Å². The molecule has 1 atom stereocenters. The third kappa shape index (κ3) is 3.95. The van der Waals surface area contributed by atoms with Crippen molar-refractivity contribution in [1.82, 2.24) is 4.98 Å². The van der Waals surface area contributed by atoms with E-state index in [4.69, 9.17) is 17.3 Å². The number of thiazole rings is 1. The van der Waals surface area contributed by atoms with Gasteiger partial charge >= 0.3 is 0 Å². The number of aryl methyl sites for hydroxylation is 1. The van der Waals surface area contributed by atoms with Crippen molar-refractivity contribution in [2.45, 2.75) is 32.9 Å². The zero-order chi connectivity index (χ0) is 14.7. The largest absolute Gasteiger partial charge is 0.369 e. The third-order valence-corrected chi connectivity index (χ3v) is 4.26. The SMILES string of the molecule is Cc1nc(CN(C)c2ccc(CC(C)N)c(Cl)c2)cs1. The summed E-state index contributed by atoms with van der Waals surface area (Å²) < 4.78 is 0. The van der Waals surface area contributed by atoms with Crippen LogP contribution in [0.1, 0.15) is 23.2 Å². The van der Waals surface area contributed by atoms with Crippen LogP contribution in [-0.4, -0.2) is 18.1 Å². The molecule has 2 aromatic rings. The zero-order valence-corrected chi connectivity index (χ0v) is 13.6. The van der Waals surface area contributed by atoms with Crippen LogP contribution in [0.2, 0.25) is 5.02 Å². The Morgan fingerprint density at radius 3 is 2.75 bits per heavy atom. The van der Waals surface area contributed by atoms with Gasteiger partial charge in [-0.15, -0.1) is 11.3 Å². The van der Waals surface area contributed by atoms with Crippen molar-refractivity contribution in [3.8, 4) is 0 Å². The standard InChI is InChI=1S/C15H20ClN3S/c1-10(17)6-12-4-5-14(7-15(12)16)19(3)8-13-9-20-11(2)18-13/h4-5,7,9-10H,6,8,17H2,1-3H3. The molecule has 0 aliphatic rings. The Kier molecular flexibility index (Phi) is 5.02. The lowest BCUT2D eigenvalue weighted by atomic mass is 10.1. The molecule has 1 aromatic carbocycles. The fourth-order valence-corrected chi connectivity index (χ4v) is 2.96. The number of hydrogen-bond acceptors (Lipinski definition) is 4. The van der Waals surface area contributed by atoms with Crippen LogP contribution in [0.4, 0.5) is 5.69 Å². The first-order valence-electron chi connectivity index (χ1n) is 6.62. The molecule has 5 heteroatoms. The monoisotopic (exact) mass is 309 g/mol. The lowest BCUT2D eigenvalue weighted by Crippen LogP contribution is -2.19. The van der Waals surface area contributed by atoms with Gasteiger partial charge in [-0.1, -0.05) is 17.7 Å². The van der Waals surface area contributed by atoms with Crippen molar-refractivity contribution in [2.24, 2.45) is 5.73 Å². The van der Waals surface area contributed by atoms with Gasteiger partial charge in [-0.25, -0.2) is 4.98 Å². The molecule has 2 N–H and O–H groups in total. The van der Waals surface area contributed by atoms with Gasteiger partial charge in [0.2, 0.25) is 0 Å². The molecule has 1 heterocycles. The van der Waals surface area contributed by atoms with E-state index in [-0.39, 0.29) is 6.04 Å². The van der Waals surface area contributed by atoms with Crippen LogP contribution < -0.4 is 10.6 Å². The van der Waals surface area contributed by atoms with Crippen molar-refractivity contribution >= 4 is 28.6 Å². The molecule has 0 fully saturated rings. The minimum atomic E-state index is 0.120. The van der Waals surface area contributed by atoms with Crippen LogP contribution in [0.25, 0.3) is 0 Å². The average molecular weight is 310 g/mol. The van der Waals surface area contributed by atoms with Gasteiger partial charge in [0.25, 0.3) is 0 Å². The molecule has 0 radical (unpaired) electrons. The Morgan fingerprint density at radius 2 is 2.20 bits per heavy atom. The molecule has 0 amide bonds. The number of aromatic nitrogens is 1. The molecule has 0 saturated heterocycles. The fourth-order valence-electron chi connectivity index (χ4n) is 2.10. The first kappa shape index (κ1) is 15.3. The van der Waals surface area contributed by atoms with Gasteiger partial charge in [-0.3, -0.25) is 0 Å². The van der Waals surface area contributed by atoms with Gasteiger partial charge in [-0.2, -0.15) is 0 Å². The number of anilines is 1. The van der Waals surface area contributed by atoms with E-state index in [9.17, 15) is 0 Å². The number of nitrogens with zero attached hydrogens (tertiary/aromatic N) is 2. The quantitative estimate of drug-likeness (QED) is 0.917. The normalized spacial score (nSPS) is 12.4. The van der Waals surface area contributed by atoms with Crippen LogP contribution in [0, 0.1) is 6.92 Å². The fraction of sp³-hybridized carbons (Fsp3) is 0.400. The number of rotatable bonds is 5. The number of hydrogen-bond donors (Lipinski definition) is 1. The Labute approximate surface area is 129 Å². The van der Waals surface area contributed by atoms with E-state index in [0.717, 1.165) is 39.9 Å². The van der Waals surface area contributed by atoms with Crippen LogP contribution in [0.5, 0.6) is 0 Å². The van der Waals surface area contributed by atoms with E-state index < -0.39 is 0 Å². The lowest BCUT2D eigenvalue weighted by Gasteiger charge is -2.19. The minimum Gasteiger partial charge on any atom is -0.369 e. The van der Waals surface area contributed by atoms with Crippen molar-refractivity contribution in [3.63, 3.8) is 0 Å². The molecular weight excluding hydrogens is 290 g/mol. The van der Waals surface area contributed by atoms with E-state index in [1.54, 1.807) is 11.3 Å². The molecule has 0 spiro atoms. The molecule has 0 saturated carbocycles. The maximum absolute atomic E-state index is 6.33. The summed E-state index contributed by atoms with van der Waals surface area (Å²) in [6, 6.07) is 6.26. The predicted octanol–water partition coefficient (Wildman–Crippen LogP) is 3.63. The Bertz CT molecular complexity index is 580. The Balaban J connectivity index is 2.10. The van der Waals surface area contributed by atoms with Crippen molar-refractivity contribution in [2.75, 3.05) is 11.9 Å². The highest BCUT2D eigenvalue weighted by Crippen LogP contribution is 2.25. The summed E-state index contributed by atoms with van der Waals surface area (Å²) in [6.07, 6.45) is 0.800. The first-order valence-corrected chi connectivity index (χ1v) is 7.87. The molecule has 1 unspecified atom stereocenters. The van der Waals surface area contributed by atoms with E-state index in [0.29, 0.717) is 0 Å². The van der Waals surface area contributed by atoms with Gasteiger partial charge in [0.15, 0.2) is 0 Å². The second kappa shape index (κ2) is 6.57. The topological polar surface area (TPSA) is 42.2 Å². The van der Waals surface area contributed by atoms with Crippen LogP contribution in [0.3, 0.4) is 0 Å². The van der Waals surface area contributed by atoms with E-state index in [2.05, 4.69) is 27.4 Å². The molecular formula is C15H20ClN3S. The zero-order valence-electron chi connectivity index (χ0n) is 12.1. The Hall–Kier alpha value is -1.10. The van der Waals surface area contributed by atoms with Crippen molar-refractivity contribution in [1.29, 1.82) is 0 Å². The summed E-state index contributed by atoms with van der Waals surface area (Å²) in [6.45, 7) is 4.79. The van der Waals surface area contributed by atoms with Crippen LogP contribution in [-0.2, 0) is 13.0 Å². The van der Waals surface area contributed by atoms with Gasteiger partial charge in [-0.05, 0) is 38.0 Å². The van der Waals surface area contributed by atoms with Gasteiger partial charge in [0, 0.05) is 29.2 Å². The number of benzene rings is 1. The van der Waals surface area contributed by atoms with Gasteiger partial charge in [0.05, 0.1) is 17.2 Å². The summed E-state index contributed by atoms with van der Waals surface area (Å²) >= 11 is 8.01. The summed E-state index contributed by atoms with van der Waals surface area (Å²) in [5.74, 6) is 0. The van der Waals surface area contributed by atoms with E-state index >= 15 is 0 Å². The molecule has 1 aromatic heterocycles. The Morgan fingerprint density at radius 1 is 1.45 bits per heavy atom. The summed E-state index contributed by atoms with van der Waals surface area (Å²) in [5.41, 5.74) is 9.10. The molecule has 0 aliphatic carbocycles. The smallest absolute Gasteiger partial charge is 0.0898 e. The van der Waals surface area contributed by atoms with Crippen molar-refractivity contribution in [3.05, 3.63) is 44.9 Å². The maximum Gasteiger partial charge on any atom is 0.0898 e. The second-order valence-electron chi connectivity index (χ2n) is 5.17. The third-order valence-electron chi connectivity index (χ3n) is 3.09. The van der Waals surface area contributed by atoms with E-state index in [1.165, 1.54) is 0 Å². The summed E-state index contributed by atoms with van der Waals surface area (Å²) in [5, 5.41) is 3.97. The second-order valence-corrected chi connectivity index (χ2v) is 6.64. The lowest BCUT2D eigenvalue weighted by molar-refractivity contribution is 0.738. The van der Waals surface area contributed by atoms with E-state index in [1.807, 2.05) is 27.0 Å². The molecule has 0 bridgehead atoms. The summed E-state index contributed by atoms with van der Waals surface area (Å²) in [4.78, 5) is 6.63. The predicted molar refractivity (Wildman–Crippen MR) is 87.8 cm³/mol. The first-order chi connectivity index (χ1) is 9.45. The molecule has 0 aliphatic heterocycles. The highest BCUT2D eigenvalue weighted by Gasteiger charge is 2.09. The molecule has 2 rings (SSSR count). The highest BCUT2D eigenvalue weighted by atomic mass is 35.5. The van der Waals surface area contributed by atoms with Crippen molar-refractivity contribution < 1.29 is 0 Å². The molecule has 3 nitrogen and oxygen atoms in total. The summed E-state index contributed by atoms with van der Waals surface area (Å²) in [7, 11) is 2.05. The molecule has 20 heavy (non-hydrogen) atoms. The maximum atomic E-state index is 6.33.